The Kier molecular flexibility index (Phi) is 6.48. The van der Waals surface area contributed by atoms with E-state index in [1.807, 2.05) is 19.1 Å². The van der Waals surface area contributed by atoms with E-state index in [1.54, 1.807) is 0 Å². The van der Waals surface area contributed by atoms with Crippen molar-refractivity contribution in [2.45, 2.75) is 38.8 Å². The molecular weight excluding hydrogens is 438 g/mol. The Labute approximate surface area is 206 Å². The molecule has 0 unspecified atom stereocenters. The van der Waals surface area contributed by atoms with Crippen molar-refractivity contribution in [2.24, 2.45) is 11.8 Å². The molecule has 2 fully saturated rings. The first-order valence-corrected chi connectivity index (χ1v) is 12.5. The van der Waals surface area contributed by atoms with Gasteiger partial charge in [-0.15, -0.1) is 0 Å². The van der Waals surface area contributed by atoms with Crippen LogP contribution in [0.3, 0.4) is 0 Å². The van der Waals surface area contributed by atoms with Gasteiger partial charge in [-0.2, -0.15) is 0 Å². The first kappa shape index (κ1) is 23.4. The summed E-state index contributed by atoms with van der Waals surface area (Å²) in [6.45, 7) is 5.11. The second-order valence-electron chi connectivity index (χ2n) is 9.99. The summed E-state index contributed by atoms with van der Waals surface area (Å²) < 4.78 is 0. The largest absolute Gasteiger partial charge is 0.477 e. The fourth-order valence-electron chi connectivity index (χ4n) is 6.09. The zero-order valence-corrected chi connectivity index (χ0v) is 20.4. The maximum absolute atomic E-state index is 12.3. The molecule has 3 aromatic rings. The number of aromatic amines is 1. The number of carboxylic acid groups (broad SMARTS) is 1. The van der Waals surface area contributed by atoms with E-state index in [-0.39, 0.29) is 5.56 Å². The Morgan fingerprint density at radius 2 is 1.83 bits per heavy atom. The molecule has 0 spiro atoms. The molecule has 182 valence electrons. The predicted molar refractivity (Wildman–Crippen MR) is 139 cm³/mol. The average molecular weight is 472 g/mol. The monoisotopic (exact) mass is 471 g/mol. The molecule has 1 aliphatic carbocycles. The standard InChI is InChI=1S/C29H33N3O3/c1-3-20-15-24(29(34)35)28(33)30-27(20)21-9-12-23(13-10-21)32-17-22-11-14-26(25(22)18-32)31(2)16-19-7-5-4-6-8-19/h4-10,12-13,15,22,25-26H,3,11,14,16-18H2,1-2H3,(H,30,33)(H,34,35)/t22-,25+,26-/m1/s1. The van der Waals surface area contributed by atoms with Crippen LogP contribution in [-0.2, 0) is 13.0 Å². The lowest BCUT2D eigenvalue weighted by Crippen LogP contribution is -2.37. The molecule has 6 heteroatoms. The van der Waals surface area contributed by atoms with E-state index in [2.05, 4.69) is 64.3 Å². The Morgan fingerprint density at radius 3 is 2.51 bits per heavy atom. The third-order valence-electron chi connectivity index (χ3n) is 7.92. The van der Waals surface area contributed by atoms with Gasteiger partial charge in [0.15, 0.2) is 0 Å². The van der Waals surface area contributed by atoms with Gasteiger partial charge in [0.2, 0.25) is 0 Å². The predicted octanol–water partition coefficient (Wildman–Crippen LogP) is 4.65. The number of nitrogens with one attached hydrogen (secondary N) is 1. The number of aromatic carboxylic acids is 1. The van der Waals surface area contributed by atoms with Gasteiger partial charge in [0.05, 0.1) is 5.69 Å². The zero-order chi connectivity index (χ0) is 24.5. The minimum Gasteiger partial charge on any atom is -0.477 e. The number of anilines is 1. The lowest BCUT2D eigenvalue weighted by atomic mass is 9.97. The average Bonchev–Trinajstić information content (AvgIpc) is 3.45. The van der Waals surface area contributed by atoms with E-state index in [9.17, 15) is 14.7 Å². The van der Waals surface area contributed by atoms with Crippen LogP contribution in [0.15, 0.2) is 65.5 Å². The molecule has 2 N–H and O–H groups in total. The number of hydrogen-bond donors (Lipinski definition) is 2. The zero-order valence-electron chi connectivity index (χ0n) is 20.4. The van der Waals surface area contributed by atoms with Crippen molar-refractivity contribution in [2.75, 3.05) is 25.0 Å². The number of aromatic nitrogens is 1. The molecule has 0 bridgehead atoms. The van der Waals surface area contributed by atoms with Crippen molar-refractivity contribution in [1.29, 1.82) is 0 Å². The Bertz CT molecular complexity index is 1250. The van der Waals surface area contributed by atoms with E-state index in [0.717, 1.165) is 36.7 Å². The van der Waals surface area contributed by atoms with Gasteiger partial charge in [-0.25, -0.2) is 4.79 Å². The van der Waals surface area contributed by atoms with E-state index < -0.39 is 11.5 Å². The SMILES string of the molecule is CCc1cc(C(=O)O)c(=O)[nH]c1-c1ccc(N2C[C@H]3CC[C@@H](N(C)Cc4ccccc4)[C@H]3C2)cc1. The highest BCUT2D eigenvalue weighted by molar-refractivity contribution is 5.88. The summed E-state index contributed by atoms with van der Waals surface area (Å²) in [5, 5.41) is 9.27. The summed E-state index contributed by atoms with van der Waals surface area (Å²) in [6, 6.07) is 21.1. The lowest BCUT2D eigenvalue weighted by molar-refractivity contribution is 0.0695. The van der Waals surface area contributed by atoms with Gasteiger partial charge in [-0.05, 0) is 73.0 Å². The van der Waals surface area contributed by atoms with Crippen LogP contribution in [0.2, 0.25) is 0 Å². The molecule has 2 heterocycles. The van der Waals surface area contributed by atoms with Crippen LogP contribution < -0.4 is 10.5 Å². The maximum atomic E-state index is 12.3. The minimum atomic E-state index is -1.20. The van der Waals surface area contributed by atoms with Crippen LogP contribution in [0.5, 0.6) is 0 Å². The highest BCUT2D eigenvalue weighted by Crippen LogP contribution is 2.42. The van der Waals surface area contributed by atoms with Crippen LogP contribution in [0.1, 0.15) is 41.3 Å². The molecule has 5 rings (SSSR count). The molecule has 2 aromatic carbocycles. The molecule has 1 saturated heterocycles. The molecule has 2 aliphatic rings. The summed E-state index contributed by atoms with van der Waals surface area (Å²) in [6.07, 6.45) is 3.19. The number of H-pyrrole nitrogens is 1. The van der Waals surface area contributed by atoms with Gasteiger partial charge in [0.25, 0.3) is 5.56 Å². The van der Waals surface area contributed by atoms with Gasteiger partial charge >= 0.3 is 5.97 Å². The summed E-state index contributed by atoms with van der Waals surface area (Å²) >= 11 is 0. The molecule has 1 saturated carbocycles. The Hall–Kier alpha value is -3.38. The van der Waals surface area contributed by atoms with Crippen LogP contribution in [-0.4, -0.2) is 47.1 Å². The van der Waals surface area contributed by atoms with E-state index in [4.69, 9.17) is 0 Å². The third-order valence-corrected chi connectivity index (χ3v) is 7.92. The summed E-state index contributed by atoms with van der Waals surface area (Å²) in [7, 11) is 2.26. The van der Waals surface area contributed by atoms with Crippen molar-refractivity contribution in [1.82, 2.24) is 9.88 Å². The van der Waals surface area contributed by atoms with Crippen LogP contribution >= 0.6 is 0 Å². The van der Waals surface area contributed by atoms with E-state index in [0.29, 0.717) is 24.1 Å². The van der Waals surface area contributed by atoms with Gasteiger partial charge in [-0.1, -0.05) is 49.4 Å². The topological polar surface area (TPSA) is 76.6 Å². The van der Waals surface area contributed by atoms with Gasteiger partial charge < -0.3 is 15.0 Å². The van der Waals surface area contributed by atoms with Crippen molar-refractivity contribution in [3.05, 3.63) is 87.7 Å². The number of benzene rings is 2. The van der Waals surface area contributed by atoms with Crippen molar-refractivity contribution in [3.8, 4) is 11.3 Å². The van der Waals surface area contributed by atoms with Crippen LogP contribution in [0.4, 0.5) is 5.69 Å². The summed E-state index contributed by atoms with van der Waals surface area (Å²) in [5.74, 6) is 0.203. The summed E-state index contributed by atoms with van der Waals surface area (Å²) in [4.78, 5) is 31.4. The fourth-order valence-corrected chi connectivity index (χ4v) is 6.09. The highest BCUT2D eigenvalue weighted by atomic mass is 16.4. The number of pyridine rings is 1. The Balaban J connectivity index is 1.30. The minimum absolute atomic E-state index is 0.211. The van der Waals surface area contributed by atoms with Crippen LogP contribution in [0, 0.1) is 11.8 Å². The number of aryl methyl sites for hydroxylation is 1. The number of carbonyl (C=O) groups is 1. The molecule has 0 radical (unpaired) electrons. The molecule has 1 aromatic heterocycles. The smallest absolute Gasteiger partial charge is 0.341 e. The number of nitrogens with zero attached hydrogens (tertiary/aromatic N) is 2. The van der Waals surface area contributed by atoms with Gasteiger partial charge in [0.1, 0.15) is 5.56 Å². The van der Waals surface area contributed by atoms with Gasteiger partial charge in [0, 0.05) is 31.4 Å². The molecular formula is C29H33N3O3. The number of rotatable bonds is 7. The highest BCUT2D eigenvalue weighted by Gasteiger charge is 2.44. The second kappa shape index (κ2) is 9.70. The first-order valence-electron chi connectivity index (χ1n) is 12.5. The van der Waals surface area contributed by atoms with E-state index >= 15 is 0 Å². The van der Waals surface area contributed by atoms with Crippen molar-refractivity contribution >= 4 is 11.7 Å². The van der Waals surface area contributed by atoms with Crippen molar-refractivity contribution < 1.29 is 9.90 Å². The molecule has 0 amide bonds. The normalized spacial score (nSPS) is 21.5. The number of hydrogen-bond acceptors (Lipinski definition) is 4. The lowest BCUT2D eigenvalue weighted by Gasteiger charge is -2.30. The van der Waals surface area contributed by atoms with Gasteiger partial charge in [-0.3, -0.25) is 9.69 Å². The molecule has 35 heavy (non-hydrogen) atoms. The third kappa shape index (κ3) is 4.63. The molecule has 3 atom stereocenters. The second-order valence-corrected chi connectivity index (χ2v) is 9.99. The molecule has 6 nitrogen and oxygen atoms in total. The maximum Gasteiger partial charge on any atom is 0.341 e. The van der Waals surface area contributed by atoms with Crippen LogP contribution in [0.25, 0.3) is 11.3 Å². The first-order chi connectivity index (χ1) is 16.9. The number of carboxylic acids is 1. The van der Waals surface area contributed by atoms with E-state index in [1.165, 1.54) is 30.2 Å². The van der Waals surface area contributed by atoms with Crippen molar-refractivity contribution in [3.63, 3.8) is 0 Å². The fraction of sp³-hybridized carbons (Fsp3) is 0.379. The Morgan fingerprint density at radius 1 is 1.09 bits per heavy atom. The quantitative estimate of drug-likeness (QED) is 0.525. The molecule has 1 aliphatic heterocycles. The number of fused-ring (bicyclic) bond motifs is 1. The summed E-state index contributed by atoms with van der Waals surface area (Å²) in [5.41, 5.74) is 4.23.